The van der Waals surface area contributed by atoms with Gasteiger partial charge in [-0.25, -0.2) is 0 Å². The second kappa shape index (κ2) is 4.57. The summed E-state index contributed by atoms with van der Waals surface area (Å²) >= 11 is 0. The molecule has 0 unspecified atom stereocenters. The van der Waals surface area contributed by atoms with Crippen LogP contribution in [0.3, 0.4) is 0 Å². The number of aromatic nitrogens is 2. The quantitative estimate of drug-likeness (QED) is 0.811. The van der Waals surface area contributed by atoms with E-state index < -0.39 is 0 Å². The summed E-state index contributed by atoms with van der Waals surface area (Å²) in [5, 5.41) is 5.37. The maximum Gasteiger partial charge on any atom is 0.253 e. The normalized spacial score (nSPS) is 10.8. The molecule has 0 radical (unpaired) electrons. The second-order valence-corrected chi connectivity index (χ2v) is 4.05. The van der Waals surface area contributed by atoms with Gasteiger partial charge in [0.2, 0.25) is 0 Å². The molecule has 90 valence electrons. The van der Waals surface area contributed by atoms with E-state index in [2.05, 4.69) is 5.10 Å². The van der Waals surface area contributed by atoms with Gasteiger partial charge in [0.05, 0.1) is 5.52 Å². The van der Waals surface area contributed by atoms with Crippen molar-refractivity contribution in [3.63, 3.8) is 0 Å². The maximum absolute atomic E-state index is 12.1. The van der Waals surface area contributed by atoms with Gasteiger partial charge in [-0.1, -0.05) is 6.07 Å². The Morgan fingerprint density at radius 3 is 2.71 bits per heavy atom. The lowest BCUT2D eigenvalue weighted by molar-refractivity contribution is 0.0773. The molecule has 0 saturated heterocycles. The van der Waals surface area contributed by atoms with Gasteiger partial charge in [0.25, 0.3) is 5.91 Å². The number of amides is 1. The van der Waals surface area contributed by atoms with Crippen LogP contribution in [-0.2, 0) is 7.05 Å². The summed E-state index contributed by atoms with van der Waals surface area (Å²) in [5.74, 6) is 0.0718. The van der Waals surface area contributed by atoms with E-state index in [9.17, 15) is 4.79 Å². The van der Waals surface area contributed by atoms with Gasteiger partial charge in [-0.15, -0.1) is 0 Å². The van der Waals surface area contributed by atoms with Crippen LogP contribution >= 0.6 is 0 Å². The molecule has 0 spiro atoms. The van der Waals surface area contributed by atoms with Crippen molar-refractivity contribution in [2.75, 3.05) is 13.1 Å². The summed E-state index contributed by atoms with van der Waals surface area (Å²) < 4.78 is 1.76. The van der Waals surface area contributed by atoms with Crippen molar-refractivity contribution in [1.82, 2.24) is 14.7 Å². The molecule has 0 saturated carbocycles. The molecule has 0 atom stereocenters. The molecule has 0 N–H and O–H groups in total. The van der Waals surface area contributed by atoms with Crippen LogP contribution < -0.4 is 0 Å². The first-order valence-corrected chi connectivity index (χ1v) is 5.88. The number of nitrogens with zero attached hydrogens (tertiary/aromatic N) is 3. The standard InChI is InChI=1S/C13H17N3O/c1-4-16(5-2)13(17)10-6-7-11-9-15(3)14-12(11)8-10/h6-9H,4-5H2,1-3H3. The van der Waals surface area contributed by atoms with E-state index in [1.54, 1.807) is 4.68 Å². The molecule has 1 aromatic heterocycles. The van der Waals surface area contributed by atoms with Crippen molar-refractivity contribution in [2.45, 2.75) is 13.8 Å². The third-order valence-corrected chi connectivity index (χ3v) is 2.92. The first-order valence-electron chi connectivity index (χ1n) is 5.88. The van der Waals surface area contributed by atoms with E-state index in [0.717, 1.165) is 24.0 Å². The average Bonchev–Trinajstić information content (AvgIpc) is 2.69. The van der Waals surface area contributed by atoms with Crippen LogP contribution in [0.15, 0.2) is 24.4 Å². The Bertz CT molecular complexity index is 541. The van der Waals surface area contributed by atoms with Crippen LogP contribution in [-0.4, -0.2) is 33.7 Å². The lowest BCUT2D eigenvalue weighted by Crippen LogP contribution is -2.30. The van der Waals surface area contributed by atoms with E-state index in [4.69, 9.17) is 0 Å². The minimum absolute atomic E-state index is 0.0718. The van der Waals surface area contributed by atoms with Gasteiger partial charge in [-0.2, -0.15) is 5.10 Å². The van der Waals surface area contributed by atoms with E-state index in [1.807, 2.05) is 50.2 Å². The first-order chi connectivity index (χ1) is 8.15. The van der Waals surface area contributed by atoms with E-state index in [-0.39, 0.29) is 5.91 Å². The van der Waals surface area contributed by atoms with Gasteiger partial charge in [-0.05, 0) is 26.0 Å². The van der Waals surface area contributed by atoms with E-state index >= 15 is 0 Å². The molecule has 1 heterocycles. The van der Waals surface area contributed by atoms with Crippen molar-refractivity contribution in [3.05, 3.63) is 30.0 Å². The third kappa shape index (κ3) is 2.16. The molecule has 0 aliphatic rings. The fraction of sp³-hybridized carbons (Fsp3) is 0.385. The number of rotatable bonds is 3. The molecule has 0 aliphatic carbocycles. The number of carbonyl (C=O) groups is 1. The van der Waals surface area contributed by atoms with Crippen molar-refractivity contribution in [2.24, 2.45) is 7.05 Å². The topological polar surface area (TPSA) is 38.1 Å². The van der Waals surface area contributed by atoms with E-state index in [1.165, 1.54) is 0 Å². The number of carbonyl (C=O) groups excluding carboxylic acids is 1. The zero-order valence-corrected chi connectivity index (χ0v) is 10.5. The molecule has 0 bridgehead atoms. The van der Waals surface area contributed by atoms with Gasteiger partial charge in [0.15, 0.2) is 0 Å². The Hall–Kier alpha value is -1.84. The molecular formula is C13H17N3O. The van der Waals surface area contributed by atoms with Gasteiger partial charge in [0, 0.05) is 37.3 Å². The number of benzene rings is 1. The number of hydrogen-bond donors (Lipinski definition) is 0. The molecule has 1 aromatic carbocycles. The van der Waals surface area contributed by atoms with Crippen molar-refractivity contribution in [1.29, 1.82) is 0 Å². The molecule has 4 nitrogen and oxygen atoms in total. The average molecular weight is 231 g/mol. The zero-order valence-electron chi connectivity index (χ0n) is 10.5. The fourth-order valence-corrected chi connectivity index (χ4v) is 1.97. The van der Waals surface area contributed by atoms with Crippen LogP contribution in [0.5, 0.6) is 0 Å². The first kappa shape index (κ1) is 11.6. The zero-order chi connectivity index (χ0) is 12.4. The number of fused-ring (bicyclic) bond motifs is 1. The minimum atomic E-state index is 0.0718. The fourth-order valence-electron chi connectivity index (χ4n) is 1.97. The number of hydrogen-bond acceptors (Lipinski definition) is 2. The molecular weight excluding hydrogens is 214 g/mol. The maximum atomic E-state index is 12.1. The molecule has 0 fully saturated rings. The van der Waals surface area contributed by atoms with Crippen LogP contribution in [0.25, 0.3) is 10.9 Å². The molecule has 17 heavy (non-hydrogen) atoms. The monoisotopic (exact) mass is 231 g/mol. The van der Waals surface area contributed by atoms with Crippen molar-refractivity contribution >= 4 is 16.8 Å². The molecule has 2 aromatic rings. The predicted octanol–water partition coefficient (Wildman–Crippen LogP) is 2.06. The highest BCUT2D eigenvalue weighted by Gasteiger charge is 2.13. The SMILES string of the molecule is CCN(CC)C(=O)c1ccc2cn(C)nc2c1. The van der Waals surface area contributed by atoms with Crippen LogP contribution in [0.4, 0.5) is 0 Å². The van der Waals surface area contributed by atoms with Gasteiger partial charge >= 0.3 is 0 Å². The van der Waals surface area contributed by atoms with Crippen molar-refractivity contribution in [3.8, 4) is 0 Å². The highest BCUT2D eigenvalue weighted by Crippen LogP contribution is 2.15. The summed E-state index contributed by atoms with van der Waals surface area (Å²) in [6, 6.07) is 5.67. The molecule has 4 heteroatoms. The highest BCUT2D eigenvalue weighted by atomic mass is 16.2. The number of aryl methyl sites for hydroxylation is 1. The Kier molecular flexibility index (Phi) is 3.13. The summed E-state index contributed by atoms with van der Waals surface area (Å²) in [6.45, 7) is 5.44. The van der Waals surface area contributed by atoms with Gasteiger partial charge in [-0.3, -0.25) is 9.48 Å². The lowest BCUT2D eigenvalue weighted by Gasteiger charge is -2.18. The summed E-state index contributed by atoms with van der Waals surface area (Å²) in [6.07, 6.45) is 1.95. The molecule has 2 rings (SSSR count). The molecule has 0 aliphatic heterocycles. The highest BCUT2D eigenvalue weighted by molar-refractivity contribution is 5.97. The summed E-state index contributed by atoms with van der Waals surface area (Å²) in [5.41, 5.74) is 1.57. The summed E-state index contributed by atoms with van der Waals surface area (Å²) in [4.78, 5) is 14.0. The minimum Gasteiger partial charge on any atom is -0.339 e. The third-order valence-electron chi connectivity index (χ3n) is 2.92. The largest absolute Gasteiger partial charge is 0.339 e. The Morgan fingerprint density at radius 2 is 2.06 bits per heavy atom. The Balaban J connectivity index is 2.38. The predicted molar refractivity (Wildman–Crippen MR) is 68.0 cm³/mol. The second-order valence-electron chi connectivity index (χ2n) is 4.05. The van der Waals surface area contributed by atoms with Crippen LogP contribution in [0, 0.1) is 0 Å². The van der Waals surface area contributed by atoms with Gasteiger partial charge in [0.1, 0.15) is 0 Å². The van der Waals surface area contributed by atoms with Crippen LogP contribution in [0.1, 0.15) is 24.2 Å². The smallest absolute Gasteiger partial charge is 0.253 e. The van der Waals surface area contributed by atoms with Crippen molar-refractivity contribution < 1.29 is 4.79 Å². The van der Waals surface area contributed by atoms with Gasteiger partial charge < -0.3 is 4.90 Å². The Labute approximate surface area is 101 Å². The lowest BCUT2D eigenvalue weighted by atomic mass is 10.1. The van der Waals surface area contributed by atoms with Crippen LogP contribution in [0.2, 0.25) is 0 Å². The summed E-state index contributed by atoms with van der Waals surface area (Å²) in [7, 11) is 1.88. The molecule has 1 amide bonds. The Morgan fingerprint density at radius 1 is 1.35 bits per heavy atom. The van der Waals surface area contributed by atoms with E-state index in [0.29, 0.717) is 5.56 Å².